The summed E-state index contributed by atoms with van der Waals surface area (Å²) < 4.78 is 6.43. The monoisotopic (exact) mass is 834 g/mol. The Morgan fingerprint density at radius 2 is 0.859 bits per heavy atom. The number of fused-ring (bicyclic) bond motifs is 5. The van der Waals surface area contributed by atoms with E-state index in [1.165, 1.54) is 48.8 Å². The molecule has 4 heteroatoms. The van der Waals surface area contributed by atoms with Gasteiger partial charge in [0.05, 0.1) is 11.1 Å². The zero-order valence-corrected chi connectivity index (χ0v) is 36.1. The van der Waals surface area contributed by atoms with E-state index in [0.717, 1.165) is 50.3 Å². The molecule has 1 aliphatic rings. The van der Waals surface area contributed by atoms with Gasteiger partial charge in [-0.05, 0) is 110 Å². The van der Waals surface area contributed by atoms with Crippen molar-refractivity contribution in [3.63, 3.8) is 0 Å². The topological polar surface area (TPSA) is 19.6 Å². The van der Waals surface area contributed by atoms with Crippen LogP contribution in [0, 0.1) is 0 Å². The largest absolute Gasteiger partial charge is 0.456 e. The fourth-order valence-electron chi connectivity index (χ4n) is 10.1. The molecule has 0 N–H and O–H groups in total. The van der Waals surface area contributed by atoms with Crippen LogP contribution >= 0.6 is 0 Å². The maximum atomic E-state index is 6.43. The average molecular weight is 835 g/mol. The number of rotatable bonds is 8. The van der Waals surface area contributed by atoms with Crippen LogP contribution in [-0.2, 0) is 0 Å². The van der Waals surface area contributed by atoms with E-state index >= 15 is 0 Å². The Morgan fingerprint density at radius 3 is 1.53 bits per heavy atom. The molecule has 0 atom stereocenters. The number of para-hydroxylation sites is 3. The van der Waals surface area contributed by atoms with Crippen molar-refractivity contribution in [2.75, 3.05) is 9.80 Å². The van der Waals surface area contributed by atoms with Crippen molar-refractivity contribution in [3.8, 4) is 22.3 Å². The molecule has 2 heterocycles. The van der Waals surface area contributed by atoms with Crippen LogP contribution in [0.3, 0.4) is 0 Å². The van der Waals surface area contributed by atoms with Gasteiger partial charge in [0.1, 0.15) is 11.2 Å². The number of hydrogen-bond acceptors (Lipinski definition) is 3. The Hall–Kier alpha value is -8.18. The Kier molecular flexibility index (Phi) is 9.17. The van der Waals surface area contributed by atoms with E-state index in [2.05, 4.69) is 259 Å². The molecule has 0 aliphatic carbocycles. The molecule has 10 aromatic carbocycles. The van der Waals surface area contributed by atoms with Crippen LogP contribution < -0.4 is 30.5 Å². The predicted molar refractivity (Wildman–Crippen MR) is 271 cm³/mol. The average Bonchev–Trinajstić information content (AvgIpc) is 3.77. The number of benzene rings is 10. The molecule has 0 saturated carbocycles. The zero-order chi connectivity index (χ0) is 42.5. The zero-order valence-electron chi connectivity index (χ0n) is 35.1. The summed E-state index contributed by atoms with van der Waals surface area (Å²) in [4.78, 5) is 4.84. The summed E-state index contributed by atoms with van der Waals surface area (Å²) in [5, 5.41) is 7.67. The van der Waals surface area contributed by atoms with E-state index in [-0.39, 0.29) is 0 Å². The minimum Gasteiger partial charge on any atom is -0.456 e. The van der Waals surface area contributed by atoms with Crippen LogP contribution in [0.4, 0.5) is 34.1 Å². The third kappa shape index (κ3) is 6.10. The van der Waals surface area contributed by atoms with Gasteiger partial charge in [-0.1, -0.05) is 188 Å². The molecule has 1 aromatic heterocycles. The highest BCUT2D eigenvalue weighted by Gasteiger charge is 2.49. The number of furan rings is 1. The molecule has 0 saturated heterocycles. The van der Waals surface area contributed by atoms with Crippen LogP contribution in [0.25, 0.3) is 44.2 Å². The number of anilines is 6. The third-order valence-corrected chi connectivity index (χ3v) is 17.8. The highest BCUT2D eigenvalue weighted by atomic mass is 28.3. The molecule has 0 fully saturated rings. The van der Waals surface area contributed by atoms with Gasteiger partial charge in [0.25, 0.3) is 0 Å². The van der Waals surface area contributed by atoms with Crippen LogP contribution in [0.15, 0.2) is 259 Å². The first kappa shape index (κ1) is 37.6. The lowest BCUT2D eigenvalue weighted by atomic mass is 10.0. The highest BCUT2D eigenvalue weighted by Crippen LogP contribution is 2.44. The first-order chi connectivity index (χ1) is 31.8. The summed E-state index contributed by atoms with van der Waals surface area (Å²) in [5.41, 5.74) is 13.3. The van der Waals surface area contributed by atoms with Crippen molar-refractivity contribution in [1.82, 2.24) is 0 Å². The number of nitrogens with zero attached hydrogens (tertiary/aromatic N) is 2. The van der Waals surface area contributed by atoms with Gasteiger partial charge in [0.2, 0.25) is 0 Å². The first-order valence-corrected chi connectivity index (χ1v) is 23.9. The van der Waals surface area contributed by atoms with Gasteiger partial charge >= 0.3 is 0 Å². The van der Waals surface area contributed by atoms with Crippen molar-refractivity contribution in [2.45, 2.75) is 0 Å². The van der Waals surface area contributed by atoms with Crippen molar-refractivity contribution in [1.29, 1.82) is 0 Å². The van der Waals surface area contributed by atoms with Gasteiger partial charge in [-0.2, -0.15) is 0 Å². The summed E-state index contributed by atoms with van der Waals surface area (Å²) in [6.07, 6.45) is 0. The standard InChI is InChI=1S/C60H42N2OSi/c1-5-18-43(19-6-1)44-32-37-48(38-33-44)61(55-28-17-30-57-60(55)52-26-13-15-29-56(52)63-57)49-39-34-45(35-40-49)46-36-41-54-59(42-46)64(50-22-9-3-10-23-50,51-24-11-4-12-25-51)58-31-16-14-27-53(58)62(54)47-20-7-2-8-21-47/h1-42H. The van der Waals surface area contributed by atoms with Crippen LogP contribution in [-0.4, -0.2) is 8.07 Å². The molecule has 12 rings (SSSR count). The quantitative estimate of drug-likeness (QED) is 0.142. The van der Waals surface area contributed by atoms with Crippen LogP contribution in [0.2, 0.25) is 0 Å². The minimum atomic E-state index is -2.86. The normalized spacial score (nSPS) is 12.8. The van der Waals surface area contributed by atoms with Crippen LogP contribution in [0.5, 0.6) is 0 Å². The molecular weight excluding hydrogens is 793 g/mol. The molecular formula is C60H42N2OSi. The Morgan fingerprint density at radius 1 is 0.359 bits per heavy atom. The van der Waals surface area contributed by atoms with Crippen molar-refractivity contribution >= 4 is 84.9 Å². The lowest BCUT2D eigenvalue weighted by Gasteiger charge is -2.45. The molecule has 0 spiro atoms. The summed E-state index contributed by atoms with van der Waals surface area (Å²) in [5.74, 6) is 0. The van der Waals surface area contributed by atoms with E-state index in [1.807, 2.05) is 6.07 Å². The van der Waals surface area contributed by atoms with Crippen molar-refractivity contribution in [3.05, 3.63) is 255 Å². The molecule has 11 aromatic rings. The van der Waals surface area contributed by atoms with E-state index in [4.69, 9.17) is 4.42 Å². The lowest BCUT2D eigenvalue weighted by molar-refractivity contribution is 0.669. The maximum absolute atomic E-state index is 6.43. The molecule has 64 heavy (non-hydrogen) atoms. The minimum absolute atomic E-state index is 0.867. The number of hydrogen-bond donors (Lipinski definition) is 0. The molecule has 302 valence electrons. The smallest absolute Gasteiger partial charge is 0.184 e. The van der Waals surface area contributed by atoms with Gasteiger partial charge in [-0.3, -0.25) is 0 Å². The van der Waals surface area contributed by atoms with Crippen molar-refractivity contribution in [2.24, 2.45) is 0 Å². The molecule has 0 unspecified atom stereocenters. The molecule has 0 bridgehead atoms. The Labute approximate surface area is 374 Å². The second kappa shape index (κ2) is 15.6. The summed E-state index contributed by atoms with van der Waals surface area (Å²) in [7, 11) is -2.86. The maximum Gasteiger partial charge on any atom is 0.184 e. The van der Waals surface area contributed by atoms with Crippen LogP contribution in [0.1, 0.15) is 0 Å². The lowest BCUT2D eigenvalue weighted by Crippen LogP contribution is -2.77. The second-order valence-electron chi connectivity index (χ2n) is 16.4. The summed E-state index contributed by atoms with van der Waals surface area (Å²) >= 11 is 0. The van der Waals surface area contributed by atoms with Gasteiger partial charge in [-0.15, -0.1) is 0 Å². The molecule has 3 nitrogen and oxygen atoms in total. The third-order valence-electron chi connectivity index (χ3n) is 12.9. The molecule has 1 aliphatic heterocycles. The van der Waals surface area contributed by atoms with Gasteiger partial charge in [0.15, 0.2) is 8.07 Å². The van der Waals surface area contributed by atoms with Gasteiger partial charge in [0, 0.05) is 33.8 Å². The van der Waals surface area contributed by atoms with E-state index in [0.29, 0.717) is 0 Å². The predicted octanol–water partition coefficient (Wildman–Crippen LogP) is 13.6. The van der Waals surface area contributed by atoms with E-state index in [9.17, 15) is 0 Å². The highest BCUT2D eigenvalue weighted by molar-refractivity contribution is 7.21. The fourth-order valence-corrected chi connectivity index (χ4v) is 15.2. The summed E-state index contributed by atoms with van der Waals surface area (Å²) in [6.45, 7) is 0. The molecule has 0 amide bonds. The van der Waals surface area contributed by atoms with Gasteiger partial charge < -0.3 is 14.2 Å². The Bertz CT molecular complexity index is 3380. The van der Waals surface area contributed by atoms with Crippen molar-refractivity contribution < 1.29 is 4.42 Å². The Balaban J connectivity index is 1.04. The fraction of sp³-hybridized carbons (Fsp3) is 0. The van der Waals surface area contributed by atoms with Gasteiger partial charge in [-0.25, -0.2) is 0 Å². The second-order valence-corrected chi connectivity index (χ2v) is 20.2. The SMILES string of the molecule is c1ccc(-c2ccc(N(c3ccc(-c4ccc5c(c4)[Si](c4ccccc4)(c4ccccc4)c4ccccc4N5c4ccccc4)cc3)c3cccc4oc5ccccc5c34)cc2)cc1. The summed E-state index contributed by atoms with van der Waals surface area (Å²) in [6, 6.07) is 92.9. The van der Waals surface area contributed by atoms with E-state index in [1.54, 1.807) is 0 Å². The van der Waals surface area contributed by atoms with E-state index < -0.39 is 8.07 Å². The molecule has 0 radical (unpaired) electrons. The first-order valence-electron chi connectivity index (χ1n) is 21.9.